The van der Waals surface area contributed by atoms with Gasteiger partial charge in [0.05, 0.1) is 18.7 Å². The molecule has 1 saturated heterocycles. The first-order valence-electron chi connectivity index (χ1n) is 11.6. The molecule has 1 fully saturated rings. The Morgan fingerprint density at radius 1 is 1.11 bits per heavy atom. The van der Waals surface area contributed by atoms with E-state index in [0.29, 0.717) is 36.4 Å². The maximum Gasteiger partial charge on any atom is 0.326 e. The van der Waals surface area contributed by atoms with Crippen LogP contribution in [0.15, 0.2) is 25.0 Å². The number of amides is 3. The summed E-state index contributed by atoms with van der Waals surface area (Å²) in [5.74, 6) is -1.99. The van der Waals surface area contributed by atoms with Gasteiger partial charge in [0.25, 0.3) is 0 Å². The number of likely N-dealkylation sites (tertiary alicyclic amines) is 1. The number of hydrogen-bond acceptors (Lipinski definition) is 8. The van der Waals surface area contributed by atoms with Gasteiger partial charge >= 0.3 is 5.97 Å². The lowest BCUT2D eigenvalue weighted by molar-refractivity contribution is -0.149. The molecule has 196 valence electrons. The number of thioether (sulfide) groups is 1. The number of carboxylic acid groups (broad SMARTS) is 1. The molecule has 0 aromatic carbocycles. The van der Waals surface area contributed by atoms with E-state index in [0.717, 1.165) is 0 Å². The SMILES string of the molecule is CSCCC(N)C(=O)NC(Cc1cnc[nH]1)C(=O)NC(Cc1cnc[nH]1)C(=O)N1CCCC1C(=O)O. The number of nitrogens with zero attached hydrogens (tertiary/aromatic N) is 3. The quantitative estimate of drug-likeness (QED) is 0.192. The summed E-state index contributed by atoms with van der Waals surface area (Å²) >= 11 is 1.56. The molecule has 0 radical (unpaired) electrons. The van der Waals surface area contributed by atoms with E-state index in [2.05, 4.69) is 30.6 Å². The highest BCUT2D eigenvalue weighted by Gasteiger charge is 2.38. The minimum Gasteiger partial charge on any atom is -0.480 e. The van der Waals surface area contributed by atoms with Gasteiger partial charge in [-0.15, -0.1) is 0 Å². The number of H-pyrrole nitrogens is 2. The van der Waals surface area contributed by atoms with Crippen LogP contribution in [0.1, 0.15) is 30.7 Å². The van der Waals surface area contributed by atoms with E-state index in [1.165, 1.54) is 29.9 Å². The zero-order chi connectivity index (χ0) is 26.1. The number of carbonyl (C=O) groups excluding carboxylic acids is 3. The number of rotatable bonds is 13. The largest absolute Gasteiger partial charge is 0.480 e. The molecule has 3 heterocycles. The molecular formula is C22H32N8O5S. The standard InChI is InChI=1S/C22H32N8O5S/c1-36-6-4-15(23)19(31)28-16(7-13-9-24-11-26-13)20(32)29-17(8-14-10-25-12-27-14)21(33)30-5-2-3-18(30)22(34)35/h9-12,15-18H,2-8,23H2,1H3,(H,24,26)(H,25,27)(H,28,31)(H,29,32)(H,34,35). The van der Waals surface area contributed by atoms with E-state index in [9.17, 15) is 24.3 Å². The highest BCUT2D eigenvalue weighted by Crippen LogP contribution is 2.19. The van der Waals surface area contributed by atoms with Crippen molar-refractivity contribution in [2.45, 2.75) is 56.3 Å². The van der Waals surface area contributed by atoms with Gasteiger partial charge in [-0.2, -0.15) is 11.8 Å². The smallest absolute Gasteiger partial charge is 0.326 e. The number of imidazole rings is 2. The first-order valence-corrected chi connectivity index (χ1v) is 13.0. The summed E-state index contributed by atoms with van der Waals surface area (Å²) in [4.78, 5) is 66.1. The molecule has 36 heavy (non-hydrogen) atoms. The Hall–Kier alpha value is -3.39. The van der Waals surface area contributed by atoms with Gasteiger partial charge in [0, 0.05) is 43.2 Å². The minimum absolute atomic E-state index is 0.0748. The van der Waals surface area contributed by atoms with Gasteiger partial charge in [0.2, 0.25) is 17.7 Å². The van der Waals surface area contributed by atoms with Crippen molar-refractivity contribution in [3.63, 3.8) is 0 Å². The van der Waals surface area contributed by atoms with Crippen molar-refractivity contribution in [2.24, 2.45) is 5.73 Å². The van der Waals surface area contributed by atoms with E-state index in [-0.39, 0.29) is 19.4 Å². The van der Waals surface area contributed by atoms with E-state index in [1.807, 2.05) is 6.26 Å². The van der Waals surface area contributed by atoms with Crippen LogP contribution in [0.25, 0.3) is 0 Å². The van der Waals surface area contributed by atoms with Crippen LogP contribution in [0.2, 0.25) is 0 Å². The normalized spacial score (nSPS) is 17.8. The zero-order valence-electron chi connectivity index (χ0n) is 20.0. The molecule has 4 unspecified atom stereocenters. The maximum atomic E-state index is 13.4. The van der Waals surface area contributed by atoms with Crippen molar-refractivity contribution in [3.05, 3.63) is 36.4 Å². The second-order valence-corrected chi connectivity index (χ2v) is 9.59. The van der Waals surface area contributed by atoms with Crippen molar-refractivity contribution in [2.75, 3.05) is 18.6 Å². The van der Waals surface area contributed by atoms with Crippen molar-refractivity contribution in [1.82, 2.24) is 35.5 Å². The van der Waals surface area contributed by atoms with Crippen molar-refractivity contribution < 1.29 is 24.3 Å². The van der Waals surface area contributed by atoms with Gasteiger partial charge < -0.3 is 36.3 Å². The summed E-state index contributed by atoms with van der Waals surface area (Å²) in [6.45, 7) is 0.281. The molecule has 14 heteroatoms. The van der Waals surface area contributed by atoms with E-state index in [4.69, 9.17) is 5.73 Å². The van der Waals surface area contributed by atoms with Crippen LogP contribution >= 0.6 is 11.8 Å². The Morgan fingerprint density at radius 3 is 2.28 bits per heavy atom. The third kappa shape index (κ3) is 7.31. The lowest BCUT2D eigenvalue weighted by Gasteiger charge is -2.28. The van der Waals surface area contributed by atoms with Crippen LogP contribution in [0.5, 0.6) is 0 Å². The Bertz CT molecular complexity index is 1020. The number of aromatic amines is 2. The summed E-state index contributed by atoms with van der Waals surface area (Å²) in [6, 6.07) is -3.85. The molecular weight excluding hydrogens is 488 g/mol. The van der Waals surface area contributed by atoms with Crippen molar-refractivity contribution in [1.29, 1.82) is 0 Å². The molecule has 3 amide bonds. The number of carboxylic acids is 1. The number of aromatic nitrogens is 4. The minimum atomic E-state index is -1.09. The van der Waals surface area contributed by atoms with Crippen molar-refractivity contribution in [3.8, 4) is 0 Å². The molecule has 7 N–H and O–H groups in total. The van der Waals surface area contributed by atoms with Gasteiger partial charge in [-0.1, -0.05) is 0 Å². The predicted molar refractivity (Wildman–Crippen MR) is 132 cm³/mol. The monoisotopic (exact) mass is 520 g/mol. The Morgan fingerprint density at radius 2 is 1.72 bits per heavy atom. The zero-order valence-corrected chi connectivity index (χ0v) is 20.8. The fourth-order valence-corrected chi connectivity index (χ4v) is 4.55. The summed E-state index contributed by atoms with van der Waals surface area (Å²) in [5.41, 5.74) is 7.18. The van der Waals surface area contributed by atoms with Gasteiger partial charge in [-0.3, -0.25) is 14.4 Å². The molecule has 0 aliphatic carbocycles. The highest BCUT2D eigenvalue weighted by atomic mass is 32.2. The van der Waals surface area contributed by atoms with Crippen LogP contribution in [-0.2, 0) is 32.0 Å². The number of nitrogens with one attached hydrogen (secondary N) is 4. The fraction of sp³-hybridized carbons (Fsp3) is 0.545. The third-order valence-corrected chi connectivity index (χ3v) is 6.64. The first-order chi connectivity index (χ1) is 17.3. The van der Waals surface area contributed by atoms with E-state index in [1.54, 1.807) is 11.8 Å². The Labute approximate surface area is 212 Å². The Kier molecular flexibility index (Phi) is 9.87. The molecule has 13 nitrogen and oxygen atoms in total. The topological polar surface area (TPSA) is 199 Å². The molecule has 2 aromatic rings. The van der Waals surface area contributed by atoms with Crippen LogP contribution in [0, 0.1) is 0 Å². The van der Waals surface area contributed by atoms with Crippen LogP contribution in [0.4, 0.5) is 0 Å². The molecule has 1 aliphatic heterocycles. The Balaban J connectivity index is 1.79. The number of carbonyl (C=O) groups is 4. The van der Waals surface area contributed by atoms with Crippen LogP contribution in [0.3, 0.4) is 0 Å². The highest BCUT2D eigenvalue weighted by molar-refractivity contribution is 7.98. The average molecular weight is 521 g/mol. The van der Waals surface area contributed by atoms with Gasteiger partial charge in [-0.05, 0) is 31.3 Å². The van der Waals surface area contributed by atoms with E-state index >= 15 is 0 Å². The maximum absolute atomic E-state index is 13.4. The molecule has 3 rings (SSSR count). The second kappa shape index (κ2) is 13.1. The molecule has 2 aromatic heterocycles. The summed E-state index contributed by atoms with van der Waals surface area (Å²) in [6.07, 6.45) is 9.40. The lowest BCUT2D eigenvalue weighted by atomic mass is 10.1. The van der Waals surface area contributed by atoms with Crippen molar-refractivity contribution >= 4 is 35.5 Å². The van der Waals surface area contributed by atoms with Gasteiger partial charge in [-0.25, -0.2) is 14.8 Å². The van der Waals surface area contributed by atoms with Crippen LogP contribution in [-0.4, -0.2) is 96.4 Å². The third-order valence-electron chi connectivity index (χ3n) is 6.00. The molecule has 4 atom stereocenters. The first kappa shape index (κ1) is 27.2. The number of hydrogen-bond donors (Lipinski definition) is 6. The van der Waals surface area contributed by atoms with Gasteiger partial charge in [0.15, 0.2) is 0 Å². The molecule has 1 aliphatic rings. The molecule has 0 bridgehead atoms. The lowest BCUT2D eigenvalue weighted by Crippen LogP contribution is -2.58. The number of nitrogens with two attached hydrogens (primary N) is 1. The second-order valence-electron chi connectivity index (χ2n) is 8.60. The summed E-state index contributed by atoms with van der Waals surface area (Å²) in [5, 5.41) is 14.9. The summed E-state index contributed by atoms with van der Waals surface area (Å²) < 4.78 is 0. The molecule has 0 saturated carbocycles. The fourth-order valence-electron chi connectivity index (χ4n) is 4.06. The van der Waals surface area contributed by atoms with Gasteiger partial charge in [0.1, 0.15) is 18.1 Å². The van der Waals surface area contributed by atoms with E-state index < -0.39 is 47.9 Å². The summed E-state index contributed by atoms with van der Waals surface area (Å²) in [7, 11) is 0. The predicted octanol–water partition coefficient (Wildman–Crippen LogP) is -0.956. The molecule has 0 spiro atoms. The number of aliphatic carboxylic acids is 1. The average Bonchev–Trinajstić information content (AvgIpc) is 3.63. The van der Waals surface area contributed by atoms with Crippen LogP contribution < -0.4 is 16.4 Å².